The van der Waals surface area contributed by atoms with E-state index in [9.17, 15) is 4.79 Å². The van der Waals surface area contributed by atoms with Gasteiger partial charge in [0.05, 0.1) is 19.9 Å². The number of benzene rings is 2. The minimum Gasteiger partial charge on any atom is -0.493 e. The molecule has 0 saturated heterocycles. The molecule has 6 heteroatoms. The van der Waals surface area contributed by atoms with E-state index in [4.69, 9.17) is 14.2 Å². The maximum atomic E-state index is 12.1. The number of allylic oxidation sites excluding steroid dienone is 1. The third-order valence-corrected chi connectivity index (χ3v) is 4.41. The standard InChI is InChI=1S/C23H30N2O4/c1-7-19(16-8-13-20(27-5)21(14-16)28-6)24-25-22(26)15-29-18-11-9-17(10-12-18)23(2,3)4/h7-14,24H,15H2,1-6H3,(H,25,26)/b19-7+. The summed E-state index contributed by atoms with van der Waals surface area (Å²) in [5.41, 5.74) is 8.44. The lowest BCUT2D eigenvalue weighted by Gasteiger charge is -2.19. The van der Waals surface area contributed by atoms with Crippen molar-refractivity contribution in [3.05, 3.63) is 59.7 Å². The molecule has 0 heterocycles. The van der Waals surface area contributed by atoms with E-state index >= 15 is 0 Å². The van der Waals surface area contributed by atoms with Gasteiger partial charge in [0.25, 0.3) is 5.91 Å². The second kappa shape index (κ2) is 9.87. The van der Waals surface area contributed by atoms with Crippen molar-refractivity contribution in [2.75, 3.05) is 20.8 Å². The number of amides is 1. The number of carbonyl (C=O) groups excluding carboxylic acids is 1. The third kappa shape index (κ3) is 6.17. The van der Waals surface area contributed by atoms with Crippen LogP contribution in [0.15, 0.2) is 48.5 Å². The van der Waals surface area contributed by atoms with Crippen LogP contribution in [0.3, 0.4) is 0 Å². The second-order valence-electron chi connectivity index (χ2n) is 7.51. The van der Waals surface area contributed by atoms with Gasteiger partial charge in [0.15, 0.2) is 18.1 Å². The predicted molar refractivity (Wildman–Crippen MR) is 115 cm³/mol. The first-order valence-corrected chi connectivity index (χ1v) is 9.45. The number of hydrogen-bond donors (Lipinski definition) is 2. The summed E-state index contributed by atoms with van der Waals surface area (Å²) in [6, 6.07) is 13.3. The van der Waals surface area contributed by atoms with Crippen molar-refractivity contribution in [2.45, 2.75) is 33.1 Å². The van der Waals surface area contributed by atoms with Crippen molar-refractivity contribution in [3.63, 3.8) is 0 Å². The molecule has 2 aromatic carbocycles. The summed E-state index contributed by atoms with van der Waals surface area (Å²) in [5, 5.41) is 0. The molecule has 0 aliphatic heterocycles. The van der Waals surface area contributed by atoms with E-state index in [2.05, 4.69) is 31.6 Å². The number of nitrogens with one attached hydrogen (secondary N) is 2. The molecule has 0 unspecified atom stereocenters. The zero-order chi connectivity index (χ0) is 21.4. The first-order valence-electron chi connectivity index (χ1n) is 9.45. The van der Waals surface area contributed by atoms with Crippen LogP contribution in [0.2, 0.25) is 0 Å². The van der Waals surface area contributed by atoms with Gasteiger partial charge in [-0.2, -0.15) is 0 Å². The Hall–Kier alpha value is -3.15. The van der Waals surface area contributed by atoms with Crippen LogP contribution < -0.4 is 25.1 Å². The number of carbonyl (C=O) groups is 1. The SMILES string of the molecule is C/C=C(/NNC(=O)COc1ccc(C(C)(C)C)cc1)c1ccc(OC)c(OC)c1. The number of ether oxygens (including phenoxy) is 3. The Morgan fingerprint density at radius 3 is 2.17 bits per heavy atom. The third-order valence-electron chi connectivity index (χ3n) is 4.41. The van der Waals surface area contributed by atoms with Gasteiger partial charge in [-0.25, -0.2) is 0 Å². The second-order valence-corrected chi connectivity index (χ2v) is 7.51. The van der Waals surface area contributed by atoms with Crippen LogP contribution in [0.25, 0.3) is 5.70 Å². The Morgan fingerprint density at radius 2 is 1.62 bits per heavy atom. The summed E-state index contributed by atoms with van der Waals surface area (Å²) >= 11 is 0. The molecule has 2 rings (SSSR count). The van der Waals surface area contributed by atoms with Gasteiger partial charge in [-0.15, -0.1) is 0 Å². The highest BCUT2D eigenvalue weighted by Gasteiger charge is 2.13. The Labute approximate surface area is 172 Å². The Balaban J connectivity index is 1.90. The molecule has 0 saturated carbocycles. The van der Waals surface area contributed by atoms with Gasteiger partial charge in [-0.1, -0.05) is 39.0 Å². The molecular weight excluding hydrogens is 368 g/mol. The van der Waals surface area contributed by atoms with E-state index in [0.29, 0.717) is 17.2 Å². The fraction of sp³-hybridized carbons (Fsp3) is 0.348. The zero-order valence-corrected chi connectivity index (χ0v) is 18.0. The van der Waals surface area contributed by atoms with Crippen molar-refractivity contribution in [3.8, 4) is 17.2 Å². The molecule has 0 aromatic heterocycles. The van der Waals surface area contributed by atoms with Gasteiger partial charge in [-0.3, -0.25) is 15.6 Å². The van der Waals surface area contributed by atoms with Crippen LogP contribution in [0, 0.1) is 0 Å². The first-order chi connectivity index (χ1) is 13.8. The average Bonchev–Trinajstić information content (AvgIpc) is 2.72. The highest BCUT2D eigenvalue weighted by Crippen LogP contribution is 2.29. The Kier molecular flexibility index (Phi) is 7.53. The van der Waals surface area contributed by atoms with E-state index < -0.39 is 0 Å². The molecule has 156 valence electrons. The molecule has 0 aliphatic rings. The predicted octanol–water partition coefficient (Wildman–Crippen LogP) is 4.06. The van der Waals surface area contributed by atoms with Crippen LogP contribution in [0.5, 0.6) is 17.2 Å². The number of hydrogen-bond acceptors (Lipinski definition) is 5. The molecular formula is C23H30N2O4. The first kappa shape index (κ1) is 22.1. The smallest absolute Gasteiger partial charge is 0.276 e. The van der Waals surface area contributed by atoms with E-state index in [0.717, 1.165) is 11.3 Å². The number of hydrazine groups is 1. The molecule has 0 aliphatic carbocycles. The van der Waals surface area contributed by atoms with Crippen molar-refractivity contribution >= 4 is 11.6 Å². The molecule has 0 atom stereocenters. The van der Waals surface area contributed by atoms with E-state index in [1.807, 2.05) is 55.5 Å². The normalized spacial score (nSPS) is 11.6. The summed E-state index contributed by atoms with van der Waals surface area (Å²) in [7, 11) is 3.17. The topological polar surface area (TPSA) is 68.8 Å². The monoisotopic (exact) mass is 398 g/mol. The van der Waals surface area contributed by atoms with Gasteiger partial charge >= 0.3 is 0 Å². The summed E-state index contributed by atoms with van der Waals surface area (Å²) in [6.45, 7) is 8.24. The van der Waals surface area contributed by atoms with Gasteiger partial charge in [-0.05, 0) is 48.2 Å². The largest absolute Gasteiger partial charge is 0.493 e. The molecule has 0 bridgehead atoms. The van der Waals surface area contributed by atoms with Crippen LogP contribution >= 0.6 is 0 Å². The molecule has 0 fully saturated rings. The highest BCUT2D eigenvalue weighted by atomic mass is 16.5. The van der Waals surface area contributed by atoms with Gasteiger partial charge in [0.2, 0.25) is 0 Å². The molecule has 2 N–H and O–H groups in total. The Morgan fingerprint density at radius 1 is 0.966 bits per heavy atom. The lowest BCUT2D eigenvalue weighted by Crippen LogP contribution is -2.39. The van der Waals surface area contributed by atoms with E-state index in [1.54, 1.807) is 14.2 Å². The van der Waals surface area contributed by atoms with Crippen molar-refractivity contribution in [2.24, 2.45) is 0 Å². The molecule has 0 spiro atoms. The molecule has 0 radical (unpaired) electrons. The van der Waals surface area contributed by atoms with Crippen molar-refractivity contribution in [1.82, 2.24) is 10.9 Å². The van der Waals surface area contributed by atoms with Gasteiger partial charge < -0.3 is 14.2 Å². The minimum absolute atomic E-state index is 0.0762. The number of rotatable bonds is 8. The van der Waals surface area contributed by atoms with E-state index in [1.165, 1.54) is 5.56 Å². The lowest BCUT2D eigenvalue weighted by atomic mass is 9.87. The minimum atomic E-state index is -0.287. The maximum Gasteiger partial charge on any atom is 0.276 e. The van der Waals surface area contributed by atoms with Crippen LogP contribution in [-0.2, 0) is 10.2 Å². The summed E-state index contributed by atoms with van der Waals surface area (Å²) in [4.78, 5) is 12.1. The zero-order valence-electron chi connectivity index (χ0n) is 18.0. The van der Waals surface area contributed by atoms with Crippen molar-refractivity contribution < 1.29 is 19.0 Å². The summed E-state index contributed by atoms with van der Waals surface area (Å²) in [5.74, 6) is 1.62. The van der Waals surface area contributed by atoms with Crippen molar-refractivity contribution in [1.29, 1.82) is 0 Å². The van der Waals surface area contributed by atoms with Gasteiger partial charge in [0, 0.05) is 5.56 Å². The van der Waals surface area contributed by atoms with Gasteiger partial charge in [0.1, 0.15) is 5.75 Å². The number of methoxy groups -OCH3 is 2. The fourth-order valence-corrected chi connectivity index (χ4v) is 2.69. The highest BCUT2D eigenvalue weighted by molar-refractivity contribution is 5.79. The molecule has 2 aromatic rings. The lowest BCUT2D eigenvalue weighted by molar-refractivity contribution is -0.123. The fourth-order valence-electron chi connectivity index (χ4n) is 2.69. The Bertz CT molecular complexity index is 852. The summed E-state index contributed by atoms with van der Waals surface area (Å²) in [6.07, 6.45) is 1.85. The molecule has 1 amide bonds. The summed E-state index contributed by atoms with van der Waals surface area (Å²) < 4.78 is 16.1. The average molecular weight is 399 g/mol. The quantitative estimate of drug-likeness (QED) is 0.656. The molecule has 29 heavy (non-hydrogen) atoms. The van der Waals surface area contributed by atoms with Crippen LogP contribution in [0.4, 0.5) is 0 Å². The van der Waals surface area contributed by atoms with Crippen LogP contribution in [0.1, 0.15) is 38.8 Å². The van der Waals surface area contributed by atoms with E-state index in [-0.39, 0.29) is 17.9 Å². The van der Waals surface area contributed by atoms with Crippen LogP contribution in [-0.4, -0.2) is 26.7 Å². The molecule has 6 nitrogen and oxygen atoms in total. The maximum absolute atomic E-state index is 12.1.